The van der Waals surface area contributed by atoms with E-state index in [0.717, 1.165) is 6.42 Å². The Kier molecular flexibility index (Phi) is 6.04. The normalized spacial score (nSPS) is 28.7. The Bertz CT molecular complexity index is 129. The smallest absolute Gasteiger partial charge is 0.133 e. The van der Waals surface area contributed by atoms with E-state index >= 15 is 0 Å². The summed E-state index contributed by atoms with van der Waals surface area (Å²) in [5.41, 5.74) is 0. The van der Waals surface area contributed by atoms with Crippen molar-refractivity contribution in [2.45, 2.75) is 53.4 Å². The number of carbonyl (C=O) groups is 1. The molecule has 12 heavy (non-hydrogen) atoms. The van der Waals surface area contributed by atoms with E-state index in [0.29, 0.717) is 17.6 Å². The Labute approximate surface area is 76.6 Å². The molecular weight excluding hydrogens is 148 g/mol. The molecule has 0 radical (unpaired) electrons. The highest BCUT2D eigenvalue weighted by molar-refractivity contribution is 5.78. The molecule has 0 unspecified atom stereocenters. The van der Waals surface area contributed by atoms with Gasteiger partial charge in [-0.2, -0.15) is 0 Å². The zero-order valence-corrected chi connectivity index (χ0v) is 8.89. The molecule has 0 heterocycles. The van der Waals surface area contributed by atoms with E-state index in [1.54, 1.807) is 6.92 Å². The monoisotopic (exact) mass is 170 g/mol. The largest absolute Gasteiger partial charge is 0.300 e. The van der Waals surface area contributed by atoms with Gasteiger partial charge in [-0.25, -0.2) is 0 Å². The summed E-state index contributed by atoms with van der Waals surface area (Å²) in [5.74, 6) is 1.42. The summed E-state index contributed by atoms with van der Waals surface area (Å²) in [6.45, 7) is 7.93. The van der Waals surface area contributed by atoms with E-state index in [9.17, 15) is 4.79 Å². The molecule has 2 atom stereocenters. The SMILES string of the molecule is CC.CC(=O)[C@@H]1CCCC[C@@H]1C. The molecule has 0 N–H and O–H groups in total. The highest BCUT2D eigenvalue weighted by atomic mass is 16.1. The minimum Gasteiger partial charge on any atom is -0.300 e. The van der Waals surface area contributed by atoms with E-state index in [4.69, 9.17) is 0 Å². The van der Waals surface area contributed by atoms with Crippen molar-refractivity contribution in [1.82, 2.24) is 0 Å². The van der Waals surface area contributed by atoms with Crippen molar-refractivity contribution in [3.8, 4) is 0 Å². The number of ketones is 1. The van der Waals surface area contributed by atoms with Crippen molar-refractivity contribution in [2.75, 3.05) is 0 Å². The maximum absolute atomic E-state index is 11.0. The van der Waals surface area contributed by atoms with Crippen LogP contribution >= 0.6 is 0 Å². The summed E-state index contributed by atoms with van der Waals surface area (Å²) in [6.07, 6.45) is 4.97. The van der Waals surface area contributed by atoms with Crippen LogP contribution in [0.5, 0.6) is 0 Å². The summed E-state index contributed by atoms with van der Waals surface area (Å²) in [6, 6.07) is 0. The molecule has 0 saturated heterocycles. The van der Waals surface area contributed by atoms with Gasteiger partial charge in [0.25, 0.3) is 0 Å². The Morgan fingerprint density at radius 3 is 2.00 bits per heavy atom. The zero-order chi connectivity index (χ0) is 9.56. The predicted molar refractivity (Wildman–Crippen MR) is 53.2 cm³/mol. The molecule has 0 aliphatic heterocycles. The average Bonchev–Trinajstić information content (AvgIpc) is 2.08. The fourth-order valence-electron chi connectivity index (χ4n) is 1.92. The molecule has 0 bridgehead atoms. The first-order chi connectivity index (χ1) is 5.72. The van der Waals surface area contributed by atoms with Crippen molar-refractivity contribution >= 4 is 5.78 Å². The van der Waals surface area contributed by atoms with Gasteiger partial charge in [0.2, 0.25) is 0 Å². The Balaban J connectivity index is 0.000000561. The van der Waals surface area contributed by atoms with E-state index in [2.05, 4.69) is 6.92 Å². The Morgan fingerprint density at radius 1 is 1.17 bits per heavy atom. The molecule has 0 aromatic heterocycles. The van der Waals surface area contributed by atoms with Crippen LogP contribution in [-0.2, 0) is 4.79 Å². The molecular formula is C11H22O. The lowest BCUT2D eigenvalue weighted by molar-refractivity contribution is -0.123. The second kappa shape index (κ2) is 6.22. The van der Waals surface area contributed by atoms with Gasteiger partial charge in [0.15, 0.2) is 0 Å². The van der Waals surface area contributed by atoms with Gasteiger partial charge in [-0.3, -0.25) is 4.79 Å². The lowest BCUT2D eigenvalue weighted by atomic mass is 9.78. The second-order valence-corrected chi connectivity index (χ2v) is 3.48. The number of rotatable bonds is 1. The first-order valence-electron chi connectivity index (χ1n) is 5.22. The molecule has 0 spiro atoms. The van der Waals surface area contributed by atoms with E-state index in [1.165, 1.54) is 19.3 Å². The summed E-state index contributed by atoms with van der Waals surface area (Å²) in [5, 5.41) is 0. The van der Waals surface area contributed by atoms with Crippen LogP contribution in [0.3, 0.4) is 0 Å². The van der Waals surface area contributed by atoms with Gasteiger partial charge in [0.1, 0.15) is 5.78 Å². The molecule has 72 valence electrons. The quantitative estimate of drug-likeness (QED) is 0.589. The molecule has 1 nitrogen and oxygen atoms in total. The third kappa shape index (κ3) is 3.38. The molecule has 1 rings (SSSR count). The van der Waals surface area contributed by atoms with Crippen LogP contribution in [0.4, 0.5) is 0 Å². The minimum atomic E-state index is 0.383. The van der Waals surface area contributed by atoms with E-state index < -0.39 is 0 Å². The van der Waals surface area contributed by atoms with Crippen LogP contribution < -0.4 is 0 Å². The molecule has 1 fully saturated rings. The third-order valence-corrected chi connectivity index (χ3v) is 2.63. The summed E-state index contributed by atoms with van der Waals surface area (Å²) in [4.78, 5) is 11.0. The molecule has 0 aromatic carbocycles. The molecule has 1 heteroatoms. The van der Waals surface area contributed by atoms with Crippen molar-refractivity contribution < 1.29 is 4.79 Å². The third-order valence-electron chi connectivity index (χ3n) is 2.63. The van der Waals surface area contributed by atoms with Gasteiger partial charge in [-0.15, -0.1) is 0 Å². The van der Waals surface area contributed by atoms with E-state index in [1.807, 2.05) is 13.8 Å². The maximum Gasteiger partial charge on any atom is 0.133 e. The lowest BCUT2D eigenvalue weighted by Crippen LogP contribution is -2.22. The molecule has 1 aliphatic rings. The van der Waals surface area contributed by atoms with Gasteiger partial charge < -0.3 is 0 Å². The molecule has 0 amide bonds. The first kappa shape index (κ1) is 11.7. The van der Waals surface area contributed by atoms with Gasteiger partial charge in [0, 0.05) is 5.92 Å². The average molecular weight is 170 g/mol. The van der Waals surface area contributed by atoms with Crippen molar-refractivity contribution in [3.05, 3.63) is 0 Å². The standard InChI is InChI=1S/C9H16O.C2H6/c1-7-5-3-4-6-9(7)8(2)10;1-2/h7,9H,3-6H2,1-2H3;1-2H3/t7-,9+;/m0./s1. The number of carbonyl (C=O) groups excluding carboxylic acids is 1. The van der Waals surface area contributed by atoms with Gasteiger partial charge in [-0.1, -0.05) is 40.0 Å². The van der Waals surface area contributed by atoms with Gasteiger partial charge in [0.05, 0.1) is 0 Å². The lowest BCUT2D eigenvalue weighted by Gasteiger charge is -2.26. The topological polar surface area (TPSA) is 17.1 Å². The van der Waals surface area contributed by atoms with Crippen molar-refractivity contribution in [2.24, 2.45) is 11.8 Å². The summed E-state index contributed by atoms with van der Waals surface area (Å²) in [7, 11) is 0. The number of Topliss-reactive ketones (excluding diaryl/α,β-unsaturated/α-hetero) is 1. The predicted octanol–water partition coefficient (Wildman–Crippen LogP) is 3.43. The molecule has 1 saturated carbocycles. The highest BCUT2D eigenvalue weighted by Gasteiger charge is 2.24. The van der Waals surface area contributed by atoms with Crippen LogP contribution in [0, 0.1) is 11.8 Å². The fourth-order valence-corrected chi connectivity index (χ4v) is 1.92. The maximum atomic E-state index is 11.0. The Morgan fingerprint density at radius 2 is 1.67 bits per heavy atom. The minimum absolute atomic E-state index is 0.383. The second-order valence-electron chi connectivity index (χ2n) is 3.48. The van der Waals surface area contributed by atoms with Crippen molar-refractivity contribution in [1.29, 1.82) is 0 Å². The van der Waals surface area contributed by atoms with Gasteiger partial charge in [-0.05, 0) is 19.3 Å². The first-order valence-corrected chi connectivity index (χ1v) is 5.22. The Hall–Kier alpha value is -0.330. The fraction of sp³-hybridized carbons (Fsp3) is 0.909. The van der Waals surface area contributed by atoms with Crippen LogP contribution in [0.1, 0.15) is 53.4 Å². The van der Waals surface area contributed by atoms with Crippen molar-refractivity contribution in [3.63, 3.8) is 0 Å². The van der Waals surface area contributed by atoms with Crippen LogP contribution in [-0.4, -0.2) is 5.78 Å². The molecule has 1 aliphatic carbocycles. The van der Waals surface area contributed by atoms with Crippen LogP contribution in [0.25, 0.3) is 0 Å². The summed E-state index contributed by atoms with van der Waals surface area (Å²) >= 11 is 0. The highest BCUT2D eigenvalue weighted by Crippen LogP contribution is 2.29. The number of hydrogen-bond donors (Lipinski definition) is 0. The van der Waals surface area contributed by atoms with Crippen LogP contribution in [0.15, 0.2) is 0 Å². The van der Waals surface area contributed by atoms with Crippen LogP contribution in [0.2, 0.25) is 0 Å². The summed E-state index contributed by atoms with van der Waals surface area (Å²) < 4.78 is 0. The molecule has 0 aromatic rings. The van der Waals surface area contributed by atoms with Gasteiger partial charge >= 0.3 is 0 Å². The number of hydrogen-bond acceptors (Lipinski definition) is 1. The van der Waals surface area contributed by atoms with E-state index in [-0.39, 0.29) is 0 Å². The zero-order valence-electron chi connectivity index (χ0n) is 8.89.